The van der Waals surface area contributed by atoms with E-state index in [4.69, 9.17) is 0 Å². The van der Waals surface area contributed by atoms with Gasteiger partial charge in [-0.3, -0.25) is 4.79 Å². The highest BCUT2D eigenvalue weighted by atomic mass is 16.4. The van der Waals surface area contributed by atoms with Gasteiger partial charge in [-0.2, -0.15) is 0 Å². The van der Waals surface area contributed by atoms with Crippen molar-refractivity contribution in [3.63, 3.8) is 0 Å². The average molecular weight is 259 g/mol. The first-order valence-corrected chi connectivity index (χ1v) is 6.66. The maximum Gasteiger partial charge on any atom is 0.336 e. The first-order chi connectivity index (χ1) is 9.03. The summed E-state index contributed by atoms with van der Waals surface area (Å²) in [4.78, 5) is 23.4. The van der Waals surface area contributed by atoms with E-state index in [9.17, 15) is 14.7 Å². The van der Waals surface area contributed by atoms with Gasteiger partial charge in [0.15, 0.2) is 0 Å². The molecule has 0 saturated carbocycles. The zero-order chi connectivity index (χ0) is 13.6. The van der Waals surface area contributed by atoms with Gasteiger partial charge in [-0.1, -0.05) is 12.1 Å². The number of rotatable bonds is 1. The average Bonchev–Trinajstić information content (AvgIpc) is 2.70. The standard InChI is InChI=1S/C15H17NO3/c1-9-2-3-10-8-15(6-7-16-14(15)19)5-4-11(10)12(9)13(17)18/h2-3H,4-8H2,1H3,(H,16,19)(H,17,18). The molecule has 0 aromatic heterocycles. The highest BCUT2D eigenvalue weighted by Crippen LogP contribution is 2.42. The number of aromatic carboxylic acids is 1. The molecule has 1 saturated heterocycles. The zero-order valence-electron chi connectivity index (χ0n) is 11.0. The Morgan fingerprint density at radius 2 is 2.16 bits per heavy atom. The molecule has 1 aliphatic carbocycles. The van der Waals surface area contributed by atoms with E-state index in [2.05, 4.69) is 5.32 Å². The molecule has 1 aromatic carbocycles. The van der Waals surface area contributed by atoms with E-state index >= 15 is 0 Å². The van der Waals surface area contributed by atoms with Crippen molar-refractivity contribution in [2.45, 2.75) is 32.6 Å². The summed E-state index contributed by atoms with van der Waals surface area (Å²) < 4.78 is 0. The molecule has 1 aromatic rings. The van der Waals surface area contributed by atoms with Crippen LogP contribution in [0.1, 0.15) is 39.9 Å². The van der Waals surface area contributed by atoms with Crippen molar-refractivity contribution in [1.29, 1.82) is 0 Å². The van der Waals surface area contributed by atoms with Crippen LogP contribution in [0.15, 0.2) is 12.1 Å². The Balaban J connectivity index is 2.06. The van der Waals surface area contributed by atoms with Crippen molar-refractivity contribution in [3.05, 3.63) is 34.4 Å². The van der Waals surface area contributed by atoms with Crippen molar-refractivity contribution in [2.75, 3.05) is 6.54 Å². The fourth-order valence-electron chi connectivity index (χ4n) is 3.50. The molecule has 4 nitrogen and oxygen atoms in total. The van der Waals surface area contributed by atoms with Crippen LogP contribution >= 0.6 is 0 Å². The maximum atomic E-state index is 12.0. The predicted octanol–water partition coefficient (Wildman–Crippen LogP) is 1.69. The Labute approximate surface area is 111 Å². The van der Waals surface area contributed by atoms with Crippen LogP contribution in [-0.4, -0.2) is 23.5 Å². The molecule has 3 rings (SSSR count). The van der Waals surface area contributed by atoms with E-state index in [1.807, 2.05) is 19.1 Å². The smallest absolute Gasteiger partial charge is 0.336 e. The number of hydrogen-bond donors (Lipinski definition) is 2. The highest BCUT2D eigenvalue weighted by molar-refractivity contribution is 5.92. The zero-order valence-corrected chi connectivity index (χ0v) is 11.0. The number of carboxylic acids is 1. The number of amides is 1. The Bertz CT molecular complexity index is 579. The molecular formula is C15H17NO3. The number of aryl methyl sites for hydroxylation is 1. The normalized spacial score (nSPS) is 25.2. The number of carboxylic acid groups (broad SMARTS) is 1. The lowest BCUT2D eigenvalue weighted by molar-refractivity contribution is -0.128. The van der Waals surface area contributed by atoms with Crippen molar-refractivity contribution in [1.82, 2.24) is 5.32 Å². The number of hydrogen-bond acceptors (Lipinski definition) is 2. The molecule has 1 unspecified atom stereocenters. The predicted molar refractivity (Wildman–Crippen MR) is 70.2 cm³/mol. The van der Waals surface area contributed by atoms with Crippen LogP contribution in [0.3, 0.4) is 0 Å². The summed E-state index contributed by atoms with van der Waals surface area (Å²) in [7, 11) is 0. The van der Waals surface area contributed by atoms with Gasteiger partial charge in [-0.05, 0) is 49.3 Å². The number of nitrogens with one attached hydrogen (secondary N) is 1. The van der Waals surface area contributed by atoms with Crippen LogP contribution < -0.4 is 5.32 Å². The number of carbonyl (C=O) groups excluding carboxylic acids is 1. The van der Waals surface area contributed by atoms with Gasteiger partial charge < -0.3 is 10.4 Å². The van der Waals surface area contributed by atoms with Gasteiger partial charge in [0.05, 0.1) is 11.0 Å². The lowest BCUT2D eigenvalue weighted by Gasteiger charge is -2.33. The number of fused-ring (bicyclic) bond motifs is 1. The Hall–Kier alpha value is -1.84. The minimum atomic E-state index is -0.860. The summed E-state index contributed by atoms with van der Waals surface area (Å²) in [5, 5.41) is 12.3. The molecule has 2 N–H and O–H groups in total. The van der Waals surface area contributed by atoms with Gasteiger partial charge in [0, 0.05) is 6.54 Å². The van der Waals surface area contributed by atoms with Crippen LogP contribution in [0.25, 0.3) is 0 Å². The van der Waals surface area contributed by atoms with E-state index in [0.29, 0.717) is 18.4 Å². The van der Waals surface area contributed by atoms with E-state index < -0.39 is 5.97 Å². The molecule has 1 spiro atoms. The molecule has 0 bridgehead atoms. The summed E-state index contributed by atoms with van der Waals surface area (Å²) >= 11 is 0. The summed E-state index contributed by atoms with van der Waals surface area (Å²) in [6.45, 7) is 2.57. The lowest BCUT2D eigenvalue weighted by atomic mass is 9.69. The van der Waals surface area contributed by atoms with Gasteiger partial charge in [0.2, 0.25) is 5.91 Å². The van der Waals surface area contributed by atoms with E-state index in [0.717, 1.165) is 36.1 Å². The first kappa shape index (κ1) is 12.2. The maximum absolute atomic E-state index is 12.0. The van der Waals surface area contributed by atoms with Crippen molar-refractivity contribution >= 4 is 11.9 Å². The number of carbonyl (C=O) groups is 2. The van der Waals surface area contributed by atoms with E-state index in [1.165, 1.54) is 0 Å². The molecule has 19 heavy (non-hydrogen) atoms. The molecule has 1 heterocycles. The Morgan fingerprint density at radius 1 is 1.37 bits per heavy atom. The van der Waals surface area contributed by atoms with Crippen molar-refractivity contribution in [3.8, 4) is 0 Å². The summed E-state index contributed by atoms with van der Waals surface area (Å²) in [6.07, 6.45) is 2.98. The second kappa shape index (κ2) is 4.08. The monoisotopic (exact) mass is 259 g/mol. The fraction of sp³-hybridized carbons (Fsp3) is 0.467. The number of benzene rings is 1. The third kappa shape index (κ3) is 1.74. The second-order valence-corrected chi connectivity index (χ2v) is 5.66. The Kier molecular flexibility index (Phi) is 2.62. The van der Waals surface area contributed by atoms with Gasteiger partial charge >= 0.3 is 5.97 Å². The molecule has 4 heteroatoms. The Morgan fingerprint density at radius 3 is 2.79 bits per heavy atom. The molecule has 1 atom stereocenters. The minimum Gasteiger partial charge on any atom is -0.478 e. The van der Waals surface area contributed by atoms with Gasteiger partial charge in [0.25, 0.3) is 0 Å². The summed E-state index contributed by atoms with van der Waals surface area (Å²) in [5.41, 5.74) is 2.91. The lowest BCUT2D eigenvalue weighted by Crippen LogP contribution is -2.37. The van der Waals surface area contributed by atoms with Gasteiger partial charge in [-0.25, -0.2) is 4.79 Å². The molecule has 100 valence electrons. The summed E-state index contributed by atoms with van der Waals surface area (Å²) in [5.74, 6) is -0.725. The van der Waals surface area contributed by atoms with Crippen molar-refractivity contribution in [2.24, 2.45) is 5.41 Å². The van der Waals surface area contributed by atoms with E-state index in [-0.39, 0.29) is 11.3 Å². The molecule has 0 radical (unpaired) electrons. The van der Waals surface area contributed by atoms with E-state index in [1.54, 1.807) is 0 Å². The van der Waals surface area contributed by atoms with Gasteiger partial charge in [0.1, 0.15) is 0 Å². The van der Waals surface area contributed by atoms with Crippen LogP contribution in [0.4, 0.5) is 0 Å². The quantitative estimate of drug-likeness (QED) is 0.806. The molecular weight excluding hydrogens is 242 g/mol. The molecule has 1 aliphatic heterocycles. The summed E-state index contributed by atoms with van der Waals surface area (Å²) in [6, 6.07) is 3.85. The fourth-order valence-corrected chi connectivity index (χ4v) is 3.50. The van der Waals surface area contributed by atoms with Crippen LogP contribution in [0.2, 0.25) is 0 Å². The van der Waals surface area contributed by atoms with Crippen molar-refractivity contribution < 1.29 is 14.7 Å². The molecule has 2 aliphatic rings. The molecule has 1 amide bonds. The first-order valence-electron chi connectivity index (χ1n) is 6.66. The third-order valence-electron chi connectivity index (χ3n) is 4.59. The third-order valence-corrected chi connectivity index (χ3v) is 4.59. The highest BCUT2D eigenvalue weighted by Gasteiger charge is 2.45. The SMILES string of the molecule is Cc1ccc2c(c1C(=O)O)CCC1(CCNC1=O)C2. The topological polar surface area (TPSA) is 66.4 Å². The largest absolute Gasteiger partial charge is 0.478 e. The van der Waals surface area contributed by atoms with Crippen LogP contribution in [-0.2, 0) is 17.6 Å². The van der Waals surface area contributed by atoms with Gasteiger partial charge in [-0.15, -0.1) is 0 Å². The van der Waals surface area contributed by atoms with Crippen LogP contribution in [0.5, 0.6) is 0 Å². The molecule has 1 fully saturated rings. The van der Waals surface area contributed by atoms with Crippen LogP contribution in [0, 0.1) is 12.3 Å². The second-order valence-electron chi connectivity index (χ2n) is 5.66. The minimum absolute atomic E-state index is 0.135.